The van der Waals surface area contributed by atoms with Crippen molar-refractivity contribution in [3.8, 4) is 5.75 Å². The molecule has 0 bridgehead atoms. The van der Waals surface area contributed by atoms with Crippen molar-refractivity contribution in [2.75, 3.05) is 12.4 Å². The largest absolute Gasteiger partial charge is 0.497 e. The molecule has 0 saturated carbocycles. The Labute approximate surface area is 157 Å². The Morgan fingerprint density at radius 1 is 1.15 bits per heavy atom. The molecule has 6 heteroatoms. The summed E-state index contributed by atoms with van der Waals surface area (Å²) < 4.78 is 10.4. The van der Waals surface area contributed by atoms with Crippen molar-refractivity contribution in [2.24, 2.45) is 0 Å². The van der Waals surface area contributed by atoms with Crippen LogP contribution in [0.5, 0.6) is 5.75 Å². The quantitative estimate of drug-likeness (QED) is 0.533. The molecule has 26 heavy (non-hydrogen) atoms. The van der Waals surface area contributed by atoms with Crippen molar-refractivity contribution >= 4 is 34.0 Å². The number of fused-ring (bicyclic) bond motifs is 1. The second-order valence-corrected chi connectivity index (χ2v) is 6.46. The van der Waals surface area contributed by atoms with Crippen LogP contribution in [0.15, 0.2) is 57.7 Å². The number of nitrogens with one attached hydrogen (secondary N) is 2. The van der Waals surface area contributed by atoms with Gasteiger partial charge in [-0.1, -0.05) is 12.1 Å². The van der Waals surface area contributed by atoms with Gasteiger partial charge < -0.3 is 19.8 Å². The number of anilines is 1. The zero-order chi connectivity index (χ0) is 18.7. The summed E-state index contributed by atoms with van der Waals surface area (Å²) in [5, 5.41) is 7.76. The number of hydrogen-bond donors (Lipinski definition) is 2. The molecule has 0 aliphatic heterocycles. The van der Waals surface area contributed by atoms with Crippen LogP contribution in [0, 0.1) is 6.92 Å². The molecular formula is C20H20N2O3S. The molecule has 1 unspecified atom stereocenters. The van der Waals surface area contributed by atoms with Crippen LogP contribution in [0.3, 0.4) is 0 Å². The molecule has 1 atom stereocenters. The van der Waals surface area contributed by atoms with Crippen molar-refractivity contribution in [1.29, 1.82) is 0 Å². The monoisotopic (exact) mass is 368 g/mol. The van der Waals surface area contributed by atoms with Gasteiger partial charge in [0.15, 0.2) is 5.11 Å². The van der Waals surface area contributed by atoms with Gasteiger partial charge in [0.05, 0.1) is 13.2 Å². The summed E-state index contributed by atoms with van der Waals surface area (Å²) in [6.07, 6.45) is 0. The molecule has 1 aromatic heterocycles. The molecule has 0 spiro atoms. The number of aryl methyl sites for hydroxylation is 1. The van der Waals surface area contributed by atoms with Crippen molar-refractivity contribution in [3.63, 3.8) is 0 Å². The average molecular weight is 368 g/mol. The van der Waals surface area contributed by atoms with E-state index in [1.54, 1.807) is 13.2 Å². The second kappa shape index (κ2) is 7.58. The van der Waals surface area contributed by atoms with Crippen LogP contribution in [0.1, 0.15) is 24.1 Å². The minimum atomic E-state index is -0.360. The van der Waals surface area contributed by atoms with Crippen molar-refractivity contribution in [3.05, 3.63) is 70.1 Å². The lowest BCUT2D eigenvalue weighted by atomic mass is 10.1. The number of benzene rings is 2. The van der Waals surface area contributed by atoms with Gasteiger partial charge in [-0.3, -0.25) is 0 Å². The maximum atomic E-state index is 11.6. The molecule has 0 fully saturated rings. The maximum absolute atomic E-state index is 11.6. The molecule has 134 valence electrons. The summed E-state index contributed by atoms with van der Waals surface area (Å²) in [4.78, 5) is 11.6. The predicted octanol–water partition coefficient (Wildman–Crippen LogP) is 4.16. The highest BCUT2D eigenvalue weighted by Gasteiger charge is 2.09. The third kappa shape index (κ3) is 4.03. The van der Waals surface area contributed by atoms with Crippen molar-refractivity contribution in [2.45, 2.75) is 19.9 Å². The Morgan fingerprint density at radius 2 is 1.88 bits per heavy atom. The van der Waals surface area contributed by atoms with Gasteiger partial charge in [-0.05, 0) is 61.5 Å². The molecule has 0 aliphatic rings. The first kappa shape index (κ1) is 17.9. The van der Waals surface area contributed by atoms with E-state index in [1.807, 2.05) is 50.2 Å². The van der Waals surface area contributed by atoms with Crippen LogP contribution in [-0.2, 0) is 0 Å². The van der Waals surface area contributed by atoms with E-state index in [9.17, 15) is 4.79 Å². The number of hydrogen-bond acceptors (Lipinski definition) is 4. The lowest BCUT2D eigenvalue weighted by molar-refractivity contribution is 0.414. The van der Waals surface area contributed by atoms with Crippen molar-refractivity contribution < 1.29 is 9.15 Å². The van der Waals surface area contributed by atoms with Crippen molar-refractivity contribution in [1.82, 2.24) is 5.32 Å². The summed E-state index contributed by atoms with van der Waals surface area (Å²) in [7, 11) is 1.64. The number of methoxy groups -OCH3 is 1. The fraction of sp³-hybridized carbons (Fsp3) is 0.200. The van der Waals surface area contributed by atoms with Crippen LogP contribution >= 0.6 is 12.2 Å². The topological polar surface area (TPSA) is 63.5 Å². The zero-order valence-electron chi connectivity index (χ0n) is 14.8. The van der Waals surface area contributed by atoms with Gasteiger partial charge in [-0.25, -0.2) is 4.79 Å². The van der Waals surface area contributed by atoms with E-state index in [1.165, 1.54) is 6.07 Å². The van der Waals surface area contributed by atoms with E-state index in [0.29, 0.717) is 10.7 Å². The highest BCUT2D eigenvalue weighted by Crippen LogP contribution is 2.21. The molecule has 1 heterocycles. The van der Waals surface area contributed by atoms with E-state index < -0.39 is 0 Å². The third-order valence-corrected chi connectivity index (χ3v) is 4.39. The predicted molar refractivity (Wildman–Crippen MR) is 108 cm³/mol. The van der Waals surface area contributed by atoms with Gasteiger partial charge in [0.1, 0.15) is 11.3 Å². The first-order valence-electron chi connectivity index (χ1n) is 8.22. The van der Waals surface area contributed by atoms with E-state index in [2.05, 4.69) is 10.6 Å². The smallest absolute Gasteiger partial charge is 0.336 e. The van der Waals surface area contributed by atoms with Crippen LogP contribution in [0.25, 0.3) is 11.0 Å². The van der Waals surface area contributed by atoms with E-state index in [-0.39, 0.29) is 11.7 Å². The molecule has 0 radical (unpaired) electrons. The average Bonchev–Trinajstić information content (AvgIpc) is 2.61. The molecule has 0 saturated heterocycles. The normalized spacial score (nSPS) is 11.8. The van der Waals surface area contributed by atoms with Crippen LogP contribution < -0.4 is 21.0 Å². The van der Waals surface area contributed by atoms with E-state index >= 15 is 0 Å². The summed E-state index contributed by atoms with van der Waals surface area (Å²) in [6.45, 7) is 3.91. The van der Waals surface area contributed by atoms with Gasteiger partial charge in [-0.15, -0.1) is 0 Å². The highest BCUT2D eigenvalue weighted by atomic mass is 32.1. The molecule has 3 aromatic rings. The lowest BCUT2D eigenvalue weighted by Gasteiger charge is -2.18. The summed E-state index contributed by atoms with van der Waals surface area (Å²) in [5.74, 6) is 0.814. The Hall–Kier alpha value is -2.86. The molecule has 2 N–H and O–H groups in total. The Morgan fingerprint density at radius 3 is 2.58 bits per heavy atom. The number of ether oxygens (including phenoxy) is 1. The fourth-order valence-electron chi connectivity index (χ4n) is 2.74. The zero-order valence-corrected chi connectivity index (χ0v) is 15.6. The van der Waals surface area contributed by atoms with Crippen LogP contribution in [0.2, 0.25) is 0 Å². The summed E-state index contributed by atoms with van der Waals surface area (Å²) in [6, 6.07) is 14.9. The first-order chi connectivity index (χ1) is 12.5. The lowest BCUT2D eigenvalue weighted by Crippen LogP contribution is -2.30. The third-order valence-electron chi connectivity index (χ3n) is 4.17. The second-order valence-electron chi connectivity index (χ2n) is 6.05. The maximum Gasteiger partial charge on any atom is 0.336 e. The molecule has 0 aliphatic carbocycles. The molecule has 5 nitrogen and oxygen atoms in total. The Balaban J connectivity index is 1.71. The van der Waals surface area contributed by atoms with Gasteiger partial charge in [0, 0.05) is 23.2 Å². The first-order valence-corrected chi connectivity index (χ1v) is 8.63. The van der Waals surface area contributed by atoms with E-state index in [0.717, 1.165) is 28.0 Å². The summed E-state index contributed by atoms with van der Waals surface area (Å²) >= 11 is 5.40. The van der Waals surface area contributed by atoms with E-state index in [4.69, 9.17) is 21.4 Å². The number of rotatable bonds is 4. The van der Waals surface area contributed by atoms with Gasteiger partial charge in [0.2, 0.25) is 0 Å². The minimum absolute atomic E-state index is 0.0292. The minimum Gasteiger partial charge on any atom is -0.497 e. The van der Waals surface area contributed by atoms with Gasteiger partial charge in [0.25, 0.3) is 0 Å². The number of thiocarbonyl (C=S) groups is 1. The van der Waals surface area contributed by atoms with Gasteiger partial charge >= 0.3 is 5.63 Å². The van der Waals surface area contributed by atoms with Crippen LogP contribution in [-0.4, -0.2) is 12.2 Å². The Bertz CT molecular complexity index is 996. The standard InChI is InChI=1S/C20H20N2O3S/c1-12-10-19(23)25-18-11-15(6-9-17(12)18)22-20(26)21-13(2)14-4-7-16(24-3)8-5-14/h4-11,13H,1-3H3,(H2,21,22,26). The van der Waals surface area contributed by atoms with Crippen LogP contribution in [0.4, 0.5) is 5.69 Å². The Kier molecular flexibility index (Phi) is 5.23. The fourth-order valence-corrected chi connectivity index (χ4v) is 3.04. The molecule has 0 amide bonds. The van der Waals surface area contributed by atoms with Gasteiger partial charge in [-0.2, -0.15) is 0 Å². The highest BCUT2D eigenvalue weighted by molar-refractivity contribution is 7.80. The summed E-state index contributed by atoms with van der Waals surface area (Å²) in [5.41, 5.74) is 2.91. The molecular weight excluding hydrogens is 348 g/mol. The molecule has 2 aromatic carbocycles. The molecule has 3 rings (SSSR count). The SMILES string of the molecule is COc1ccc(C(C)NC(=S)Nc2ccc3c(C)cc(=O)oc3c2)cc1.